The van der Waals surface area contributed by atoms with Gasteiger partial charge in [0.25, 0.3) is 0 Å². The van der Waals surface area contributed by atoms with E-state index in [9.17, 15) is 9.90 Å². The van der Waals surface area contributed by atoms with Crippen molar-refractivity contribution in [1.82, 2.24) is 9.88 Å². The van der Waals surface area contributed by atoms with Gasteiger partial charge in [-0.2, -0.15) is 0 Å². The highest BCUT2D eigenvalue weighted by molar-refractivity contribution is 5.77. The van der Waals surface area contributed by atoms with Gasteiger partial charge in [0.2, 0.25) is 5.91 Å². The fourth-order valence-corrected chi connectivity index (χ4v) is 3.39. The van der Waals surface area contributed by atoms with E-state index in [2.05, 4.69) is 4.98 Å². The molecule has 0 bridgehead atoms. The molecule has 2 aliphatic rings. The summed E-state index contributed by atoms with van der Waals surface area (Å²) in [5.41, 5.74) is 0.340. The second kappa shape index (κ2) is 6.75. The zero-order valence-electron chi connectivity index (χ0n) is 12.9. The number of pyridine rings is 1. The second-order valence-electron chi connectivity index (χ2n) is 6.53. The number of likely N-dealkylation sites (tertiary alicyclic amines) is 1. The van der Waals surface area contributed by atoms with Crippen LogP contribution >= 0.6 is 0 Å². The highest BCUT2D eigenvalue weighted by atomic mass is 16.5. The molecular formula is C17H24N2O3. The van der Waals surface area contributed by atoms with Gasteiger partial charge in [-0.05, 0) is 37.0 Å². The summed E-state index contributed by atoms with van der Waals surface area (Å²) in [6, 6.07) is 3.88. The number of ether oxygens (including phenoxy) is 1. The van der Waals surface area contributed by atoms with E-state index in [4.69, 9.17) is 4.74 Å². The standard InChI is InChI=1S/C17H24N2O3/c20-16(11-17(21)6-1-2-7-17)19-10-5-15(12-19)22-13-14-3-8-18-9-4-14/h3-4,8-9,15,21H,1-2,5-7,10-13H2. The summed E-state index contributed by atoms with van der Waals surface area (Å²) in [5.74, 6) is 0.0689. The number of hydrogen-bond acceptors (Lipinski definition) is 4. The lowest BCUT2D eigenvalue weighted by Gasteiger charge is -2.25. The largest absolute Gasteiger partial charge is 0.389 e. The lowest BCUT2D eigenvalue weighted by atomic mass is 9.97. The Morgan fingerprint density at radius 3 is 2.82 bits per heavy atom. The van der Waals surface area contributed by atoms with Gasteiger partial charge in [0, 0.05) is 25.5 Å². The molecule has 120 valence electrons. The second-order valence-corrected chi connectivity index (χ2v) is 6.53. The van der Waals surface area contributed by atoms with Gasteiger partial charge in [-0.3, -0.25) is 9.78 Å². The predicted octanol–water partition coefficient (Wildman–Crippen LogP) is 1.89. The van der Waals surface area contributed by atoms with Gasteiger partial charge in [-0.1, -0.05) is 12.8 Å². The number of aromatic nitrogens is 1. The van der Waals surface area contributed by atoms with Crippen molar-refractivity contribution in [2.45, 2.75) is 56.8 Å². The molecule has 1 aliphatic carbocycles. The Labute approximate surface area is 131 Å². The number of hydrogen-bond donors (Lipinski definition) is 1. The van der Waals surface area contributed by atoms with Crippen LogP contribution in [0.5, 0.6) is 0 Å². The fourth-order valence-electron chi connectivity index (χ4n) is 3.39. The summed E-state index contributed by atoms with van der Waals surface area (Å²) in [6.07, 6.45) is 8.32. The molecule has 0 spiro atoms. The fraction of sp³-hybridized carbons (Fsp3) is 0.647. The summed E-state index contributed by atoms with van der Waals surface area (Å²) in [6.45, 7) is 1.93. The van der Waals surface area contributed by atoms with Crippen LogP contribution in [0.4, 0.5) is 0 Å². The zero-order chi connectivity index (χ0) is 15.4. The van der Waals surface area contributed by atoms with Crippen molar-refractivity contribution in [3.63, 3.8) is 0 Å². The quantitative estimate of drug-likeness (QED) is 0.902. The van der Waals surface area contributed by atoms with Crippen LogP contribution < -0.4 is 0 Å². The smallest absolute Gasteiger partial charge is 0.225 e. The minimum absolute atomic E-state index is 0.0689. The van der Waals surface area contributed by atoms with Gasteiger partial charge >= 0.3 is 0 Å². The number of carbonyl (C=O) groups excluding carboxylic acids is 1. The molecular weight excluding hydrogens is 280 g/mol. The van der Waals surface area contributed by atoms with Crippen LogP contribution in [0.1, 0.15) is 44.1 Å². The lowest BCUT2D eigenvalue weighted by Crippen LogP contribution is -2.37. The van der Waals surface area contributed by atoms with Crippen LogP contribution in [-0.2, 0) is 16.1 Å². The van der Waals surface area contributed by atoms with Crippen molar-refractivity contribution in [1.29, 1.82) is 0 Å². The normalized spacial score (nSPS) is 23.9. The van der Waals surface area contributed by atoms with Crippen LogP contribution in [-0.4, -0.2) is 45.7 Å². The maximum Gasteiger partial charge on any atom is 0.225 e. The van der Waals surface area contributed by atoms with E-state index in [1.165, 1.54) is 0 Å². The average Bonchev–Trinajstić information content (AvgIpc) is 3.15. The third kappa shape index (κ3) is 3.84. The lowest BCUT2D eigenvalue weighted by molar-refractivity contribution is -0.135. The first-order valence-electron chi connectivity index (χ1n) is 8.15. The third-order valence-corrected chi connectivity index (χ3v) is 4.75. The van der Waals surface area contributed by atoms with Crippen molar-refractivity contribution in [3.8, 4) is 0 Å². The van der Waals surface area contributed by atoms with Gasteiger partial charge in [0.15, 0.2) is 0 Å². The molecule has 5 nitrogen and oxygen atoms in total. The highest BCUT2D eigenvalue weighted by Crippen LogP contribution is 2.33. The maximum atomic E-state index is 12.3. The van der Waals surface area contributed by atoms with E-state index >= 15 is 0 Å². The summed E-state index contributed by atoms with van der Waals surface area (Å²) < 4.78 is 5.88. The predicted molar refractivity (Wildman–Crippen MR) is 82.0 cm³/mol. The van der Waals surface area contributed by atoms with E-state index in [-0.39, 0.29) is 18.4 Å². The number of rotatable bonds is 5. The van der Waals surface area contributed by atoms with E-state index in [1.807, 2.05) is 17.0 Å². The highest BCUT2D eigenvalue weighted by Gasteiger charge is 2.36. The third-order valence-electron chi connectivity index (χ3n) is 4.75. The topological polar surface area (TPSA) is 62.7 Å². The zero-order valence-corrected chi connectivity index (χ0v) is 12.9. The molecule has 1 aliphatic heterocycles. The molecule has 1 N–H and O–H groups in total. The molecule has 2 heterocycles. The van der Waals surface area contributed by atoms with Crippen molar-refractivity contribution in [3.05, 3.63) is 30.1 Å². The van der Waals surface area contributed by atoms with Gasteiger partial charge in [-0.15, -0.1) is 0 Å². The Balaban J connectivity index is 1.44. The van der Waals surface area contributed by atoms with E-state index in [1.54, 1.807) is 12.4 Å². The molecule has 1 aromatic heterocycles. The summed E-state index contributed by atoms with van der Waals surface area (Å²) >= 11 is 0. The summed E-state index contributed by atoms with van der Waals surface area (Å²) in [7, 11) is 0. The SMILES string of the molecule is O=C(CC1(O)CCCC1)N1CCC(OCc2ccncc2)C1. The van der Waals surface area contributed by atoms with Crippen molar-refractivity contribution >= 4 is 5.91 Å². The van der Waals surface area contributed by atoms with E-state index < -0.39 is 5.60 Å². The molecule has 2 fully saturated rings. The molecule has 0 radical (unpaired) electrons. The number of carbonyl (C=O) groups is 1. The number of aliphatic hydroxyl groups is 1. The Morgan fingerprint density at radius 2 is 2.09 bits per heavy atom. The molecule has 1 unspecified atom stereocenters. The van der Waals surface area contributed by atoms with Gasteiger partial charge < -0.3 is 14.7 Å². The molecule has 1 saturated carbocycles. The Kier molecular flexibility index (Phi) is 4.74. The first-order chi connectivity index (χ1) is 10.6. The van der Waals surface area contributed by atoms with Crippen LogP contribution in [0.3, 0.4) is 0 Å². The van der Waals surface area contributed by atoms with E-state index in [0.717, 1.165) is 44.2 Å². The van der Waals surface area contributed by atoms with Gasteiger partial charge in [-0.25, -0.2) is 0 Å². The average molecular weight is 304 g/mol. The first-order valence-corrected chi connectivity index (χ1v) is 8.15. The Morgan fingerprint density at radius 1 is 1.36 bits per heavy atom. The molecule has 1 aromatic rings. The molecule has 1 atom stereocenters. The maximum absolute atomic E-state index is 12.3. The monoisotopic (exact) mass is 304 g/mol. The van der Waals surface area contributed by atoms with Crippen molar-refractivity contribution < 1.29 is 14.6 Å². The van der Waals surface area contributed by atoms with E-state index in [0.29, 0.717) is 13.2 Å². The molecule has 1 amide bonds. The number of nitrogens with zero attached hydrogens (tertiary/aromatic N) is 2. The molecule has 5 heteroatoms. The van der Waals surface area contributed by atoms with Crippen molar-refractivity contribution in [2.75, 3.05) is 13.1 Å². The van der Waals surface area contributed by atoms with Crippen LogP contribution in [0.2, 0.25) is 0 Å². The summed E-state index contributed by atoms with van der Waals surface area (Å²) in [4.78, 5) is 18.2. The number of amides is 1. The minimum Gasteiger partial charge on any atom is -0.389 e. The molecule has 3 rings (SSSR count). The Bertz CT molecular complexity index is 500. The van der Waals surface area contributed by atoms with Crippen LogP contribution in [0.15, 0.2) is 24.5 Å². The van der Waals surface area contributed by atoms with Gasteiger partial charge in [0.1, 0.15) is 0 Å². The minimum atomic E-state index is -0.757. The van der Waals surface area contributed by atoms with Crippen molar-refractivity contribution in [2.24, 2.45) is 0 Å². The molecule has 0 aromatic carbocycles. The first kappa shape index (κ1) is 15.4. The van der Waals surface area contributed by atoms with Crippen LogP contribution in [0, 0.1) is 0 Å². The molecule has 1 saturated heterocycles. The van der Waals surface area contributed by atoms with Gasteiger partial charge in [0.05, 0.1) is 24.7 Å². The summed E-state index contributed by atoms with van der Waals surface area (Å²) in [5, 5.41) is 10.4. The molecule has 22 heavy (non-hydrogen) atoms. The Hall–Kier alpha value is -1.46. The van der Waals surface area contributed by atoms with Crippen LogP contribution in [0.25, 0.3) is 0 Å².